The Morgan fingerprint density at radius 1 is 1.16 bits per heavy atom. The first-order valence-electron chi connectivity index (χ1n) is 6.56. The van der Waals surface area contributed by atoms with E-state index in [1.54, 1.807) is 19.2 Å². The third kappa shape index (κ3) is 2.41. The summed E-state index contributed by atoms with van der Waals surface area (Å²) in [7, 11) is 3.13. The second-order valence-corrected chi connectivity index (χ2v) is 5.73. The number of alkyl halides is 1. The molecular formula is C15H22FNO2. The molecule has 1 aliphatic carbocycles. The number of benzene rings is 1. The Balaban J connectivity index is 2.59. The number of hydrogen-bond acceptors (Lipinski definition) is 3. The van der Waals surface area contributed by atoms with Crippen LogP contribution in [-0.4, -0.2) is 14.2 Å². The van der Waals surface area contributed by atoms with E-state index in [1.807, 2.05) is 0 Å². The van der Waals surface area contributed by atoms with Crippen molar-refractivity contribution in [1.29, 1.82) is 0 Å². The molecule has 1 saturated carbocycles. The largest absolute Gasteiger partial charge is 0.496 e. The summed E-state index contributed by atoms with van der Waals surface area (Å²) in [5.41, 5.74) is 5.88. The number of methoxy groups -OCH3 is 2. The Hall–Kier alpha value is -1.29. The Labute approximate surface area is 113 Å². The lowest BCUT2D eigenvalue weighted by molar-refractivity contribution is 0.209. The second-order valence-electron chi connectivity index (χ2n) is 5.73. The van der Waals surface area contributed by atoms with Gasteiger partial charge in [0.2, 0.25) is 0 Å². The third-order valence-electron chi connectivity index (χ3n) is 3.94. The van der Waals surface area contributed by atoms with Gasteiger partial charge in [-0.3, -0.25) is 0 Å². The maximum absolute atomic E-state index is 14.3. The molecule has 0 aliphatic heterocycles. The zero-order valence-corrected chi connectivity index (χ0v) is 12.0. The van der Waals surface area contributed by atoms with Gasteiger partial charge in [0.05, 0.1) is 14.2 Å². The highest BCUT2D eigenvalue weighted by Crippen LogP contribution is 2.46. The smallest absolute Gasteiger partial charge is 0.134 e. The van der Waals surface area contributed by atoms with Gasteiger partial charge in [-0.15, -0.1) is 0 Å². The molecule has 0 amide bonds. The maximum Gasteiger partial charge on any atom is 0.134 e. The van der Waals surface area contributed by atoms with Crippen molar-refractivity contribution in [2.24, 2.45) is 5.73 Å². The van der Waals surface area contributed by atoms with E-state index in [0.717, 1.165) is 24.8 Å². The van der Waals surface area contributed by atoms with Crippen LogP contribution in [0.2, 0.25) is 0 Å². The van der Waals surface area contributed by atoms with Crippen LogP contribution in [0.15, 0.2) is 12.1 Å². The Bertz CT molecular complexity index is 476. The lowest BCUT2D eigenvalue weighted by atomic mass is 9.71. The van der Waals surface area contributed by atoms with Crippen LogP contribution < -0.4 is 15.2 Å². The molecule has 19 heavy (non-hydrogen) atoms. The number of halogens is 1. The molecule has 3 nitrogen and oxygen atoms in total. The molecular weight excluding hydrogens is 245 g/mol. The third-order valence-corrected chi connectivity index (χ3v) is 3.94. The lowest BCUT2D eigenvalue weighted by Gasteiger charge is -2.40. The summed E-state index contributed by atoms with van der Waals surface area (Å²) in [6.45, 7) is 3.04. The van der Waals surface area contributed by atoms with E-state index < -0.39 is 11.2 Å². The summed E-state index contributed by atoms with van der Waals surface area (Å²) in [5.74, 6) is 1.17. The maximum atomic E-state index is 14.3. The summed E-state index contributed by atoms with van der Waals surface area (Å²) in [5, 5.41) is 0. The molecule has 2 N–H and O–H groups in total. The highest BCUT2D eigenvalue weighted by Gasteiger charge is 2.38. The van der Waals surface area contributed by atoms with E-state index in [4.69, 9.17) is 15.2 Å². The van der Waals surface area contributed by atoms with Crippen molar-refractivity contribution in [1.82, 2.24) is 0 Å². The van der Waals surface area contributed by atoms with Crippen LogP contribution in [0.1, 0.15) is 44.2 Å². The summed E-state index contributed by atoms with van der Waals surface area (Å²) in [6, 6.07) is 3.54. The van der Waals surface area contributed by atoms with Gasteiger partial charge < -0.3 is 15.2 Å². The number of nitrogens with two attached hydrogens (primary N) is 1. The standard InChI is InChI=1S/C15H22FNO2/c1-14(2,16)10-8-11(15(17)6-5-7-15)13(19-4)9-12(10)18-3/h8-9H,5-7,17H2,1-4H3. The minimum atomic E-state index is -1.48. The molecule has 0 radical (unpaired) electrons. The van der Waals surface area contributed by atoms with Gasteiger partial charge in [0.25, 0.3) is 0 Å². The molecule has 0 atom stereocenters. The van der Waals surface area contributed by atoms with Gasteiger partial charge in [0, 0.05) is 22.7 Å². The van der Waals surface area contributed by atoms with E-state index in [9.17, 15) is 4.39 Å². The highest BCUT2D eigenvalue weighted by atomic mass is 19.1. The fraction of sp³-hybridized carbons (Fsp3) is 0.600. The average Bonchev–Trinajstić information content (AvgIpc) is 2.33. The SMILES string of the molecule is COc1cc(OC)c(C2(N)CCC2)cc1C(C)(C)F. The topological polar surface area (TPSA) is 44.5 Å². The molecule has 2 rings (SSSR count). The van der Waals surface area contributed by atoms with Crippen LogP contribution in [0.4, 0.5) is 4.39 Å². The number of hydrogen-bond donors (Lipinski definition) is 1. The van der Waals surface area contributed by atoms with Gasteiger partial charge in [0.15, 0.2) is 0 Å². The van der Waals surface area contributed by atoms with E-state index in [-0.39, 0.29) is 0 Å². The normalized spacial score (nSPS) is 17.8. The predicted octanol–water partition coefficient (Wildman–Crippen LogP) is 3.25. The first kappa shape index (κ1) is 14.1. The zero-order valence-electron chi connectivity index (χ0n) is 12.0. The molecule has 0 saturated heterocycles. The van der Waals surface area contributed by atoms with Gasteiger partial charge in [-0.25, -0.2) is 4.39 Å². The first-order chi connectivity index (χ1) is 8.81. The number of rotatable bonds is 4. The molecule has 1 aromatic rings. The average molecular weight is 267 g/mol. The van der Waals surface area contributed by atoms with Crippen molar-refractivity contribution in [3.8, 4) is 11.5 Å². The lowest BCUT2D eigenvalue weighted by Crippen LogP contribution is -2.43. The van der Waals surface area contributed by atoms with Gasteiger partial charge in [0.1, 0.15) is 17.2 Å². The predicted molar refractivity (Wildman–Crippen MR) is 73.4 cm³/mol. The quantitative estimate of drug-likeness (QED) is 0.910. The van der Waals surface area contributed by atoms with Gasteiger partial charge >= 0.3 is 0 Å². The van der Waals surface area contributed by atoms with Crippen LogP contribution in [-0.2, 0) is 11.2 Å². The fourth-order valence-electron chi connectivity index (χ4n) is 2.58. The Morgan fingerprint density at radius 3 is 2.11 bits per heavy atom. The number of ether oxygens (including phenoxy) is 2. The molecule has 1 aromatic carbocycles. The molecule has 1 fully saturated rings. The molecule has 0 heterocycles. The second kappa shape index (κ2) is 4.67. The minimum Gasteiger partial charge on any atom is -0.496 e. The summed E-state index contributed by atoms with van der Waals surface area (Å²) in [6.07, 6.45) is 2.91. The molecule has 4 heteroatoms. The van der Waals surface area contributed by atoms with E-state index in [0.29, 0.717) is 17.1 Å². The van der Waals surface area contributed by atoms with Crippen molar-refractivity contribution in [3.05, 3.63) is 23.3 Å². The summed E-state index contributed by atoms with van der Waals surface area (Å²) >= 11 is 0. The first-order valence-corrected chi connectivity index (χ1v) is 6.56. The molecule has 106 valence electrons. The molecule has 0 aromatic heterocycles. The Morgan fingerprint density at radius 2 is 1.74 bits per heavy atom. The van der Waals surface area contributed by atoms with Crippen LogP contribution in [0, 0.1) is 0 Å². The van der Waals surface area contributed by atoms with Crippen LogP contribution in [0.3, 0.4) is 0 Å². The molecule has 0 spiro atoms. The van der Waals surface area contributed by atoms with Crippen LogP contribution in [0.25, 0.3) is 0 Å². The minimum absolute atomic E-state index is 0.391. The summed E-state index contributed by atoms with van der Waals surface area (Å²) in [4.78, 5) is 0. The monoisotopic (exact) mass is 267 g/mol. The van der Waals surface area contributed by atoms with Crippen LogP contribution in [0.5, 0.6) is 11.5 Å². The van der Waals surface area contributed by atoms with Crippen LogP contribution >= 0.6 is 0 Å². The molecule has 0 bridgehead atoms. The van der Waals surface area contributed by atoms with Gasteiger partial charge in [-0.2, -0.15) is 0 Å². The van der Waals surface area contributed by atoms with Crippen molar-refractivity contribution >= 4 is 0 Å². The van der Waals surface area contributed by atoms with Crippen molar-refractivity contribution < 1.29 is 13.9 Å². The Kier molecular flexibility index (Phi) is 3.47. The molecule has 0 unspecified atom stereocenters. The van der Waals surface area contributed by atoms with Gasteiger partial charge in [-0.1, -0.05) is 0 Å². The highest BCUT2D eigenvalue weighted by molar-refractivity contribution is 5.52. The van der Waals surface area contributed by atoms with Gasteiger partial charge in [-0.05, 0) is 39.2 Å². The van der Waals surface area contributed by atoms with E-state index in [1.165, 1.54) is 21.0 Å². The van der Waals surface area contributed by atoms with E-state index >= 15 is 0 Å². The summed E-state index contributed by atoms with van der Waals surface area (Å²) < 4.78 is 25.0. The fourth-order valence-corrected chi connectivity index (χ4v) is 2.58. The van der Waals surface area contributed by atoms with Crippen molar-refractivity contribution in [3.63, 3.8) is 0 Å². The van der Waals surface area contributed by atoms with E-state index in [2.05, 4.69) is 0 Å². The molecule has 1 aliphatic rings. The zero-order chi connectivity index (χ0) is 14.3. The van der Waals surface area contributed by atoms with Crippen molar-refractivity contribution in [2.45, 2.75) is 44.3 Å². The van der Waals surface area contributed by atoms with Crippen molar-refractivity contribution in [2.75, 3.05) is 14.2 Å².